The average molecular weight is 245 g/mol. The van der Waals surface area contributed by atoms with Gasteiger partial charge in [0.15, 0.2) is 0 Å². The normalized spacial score (nSPS) is 12.1. The molecular weight excluding hydrogens is 229 g/mol. The molecule has 1 aromatic carbocycles. The minimum absolute atomic E-state index is 0.000341. The second kappa shape index (κ2) is 7.29. The Kier molecular flexibility index (Phi) is 5.66. The van der Waals surface area contributed by atoms with Crippen molar-refractivity contribution in [1.82, 2.24) is 5.32 Å². The summed E-state index contributed by atoms with van der Waals surface area (Å²) in [5.74, 6) is 2.04. The van der Waals surface area contributed by atoms with Crippen LogP contribution in [0, 0.1) is 18.2 Å². The number of carbonyl (C=O) groups is 1. The number of halogens is 1. The molecule has 1 aromatic rings. The zero-order chi connectivity index (χ0) is 13.4. The first-order chi connectivity index (χ1) is 8.65. The van der Waals surface area contributed by atoms with Crippen LogP contribution < -0.4 is 5.32 Å². The first kappa shape index (κ1) is 14.0. The summed E-state index contributed by atoms with van der Waals surface area (Å²) in [7, 11) is 0. The Labute approximate surface area is 107 Å². The van der Waals surface area contributed by atoms with E-state index in [0.717, 1.165) is 12.0 Å². The van der Waals surface area contributed by atoms with E-state index in [9.17, 15) is 9.18 Å². The highest BCUT2D eigenvalue weighted by Gasteiger charge is 2.05. The minimum Gasteiger partial charge on any atom is -0.349 e. The van der Waals surface area contributed by atoms with Gasteiger partial charge in [-0.05, 0) is 30.2 Å². The fourth-order valence-electron chi connectivity index (χ4n) is 1.43. The Morgan fingerprint density at radius 1 is 1.50 bits per heavy atom. The van der Waals surface area contributed by atoms with Gasteiger partial charge in [-0.3, -0.25) is 4.79 Å². The summed E-state index contributed by atoms with van der Waals surface area (Å²) in [4.78, 5) is 11.6. The predicted molar refractivity (Wildman–Crippen MR) is 71.1 cm³/mol. The summed E-state index contributed by atoms with van der Waals surface area (Å²) < 4.78 is 12.7. The van der Waals surface area contributed by atoms with Gasteiger partial charge >= 0.3 is 0 Å². The molecule has 0 aromatic heterocycles. The van der Waals surface area contributed by atoms with Gasteiger partial charge in [0.05, 0.1) is 0 Å². The molecule has 1 atom stereocenters. The van der Waals surface area contributed by atoms with Crippen molar-refractivity contribution < 1.29 is 9.18 Å². The highest BCUT2D eigenvalue weighted by Crippen LogP contribution is 2.04. The molecule has 0 aliphatic carbocycles. The van der Waals surface area contributed by atoms with E-state index in [-0.39, 0.29) is 17.8 Å². The third kappa shape index (κ3) is 4.84. The van der Waals surface area contributed by atoms with E-state index < -0.39 is 0 Å². The predicted octanol–water partition coefficient (Wildman–Crippen LogP) is 2.76. The van der Waals surface area contributed by atoms with Crippen molar-refractivity contribution in [3.63, 3.8) is 0 Å². The summed E-state index contributed by atoms with van der Waals surface area (Å²) in [6, 6.07) is 5.92. The Morgan fingerprint density at radius 3 is 2.72 bits per heavy atom. The number of amides is 1. The molecule has 0 saturated heterocycles. The van der Waals surface area contributed by atoms with Gasteiger partial charge in [-0.25, -0.2) is 4.39 Å². The van der Waals surface area contributed by atoms with Crippen molar-refractivity contribution in [2.45, 2.75) is 25.8 Å². The van der Waals surface area contributed by atoms with E-state index in [1.165, 1.54) is 18.2 Å². The Morgan fingerprint density at radius 2 is 2.17 bits per heavy atom. The molecule has 1 N–H and O–H groups in total. The second-order valence-electron chi connectivity index (χ2n) is 3.91. The molecule has 0 fully saturated rings. The molecule has 0 saturated carbocycles. The lowest BCUT2D eigenvalue weighted by Gasteiger charge is -2.12. The van der Waals surface area contributed by atoms with Crippen LogP contribution in [0.2, 0.25) is 0 Å². The number of nitrogens with one attached hydrogen (secondary N) is 1. The zero-order valence-corrected chi connectivity index (χ0v) is 10.3. The summed E-state index contributed by atoms with van der Waals surface area (Å²) >= 11 is 0. The maximum Gasteiger partial charge on any atom is 0.244 e. The van der Waals surface area contributed by atoms with Gasteiger partial charge in [0, 0.05) is 18.5 Å². The highest BCUT2D eigenvalue weighted by atomic mass is 19.1. The molecule has 1 amide bonds. The van der Waals surface area contributed by atoms with Gasteiger partial charge in [0.25, 0.3) is 0 Å². The molecule has 0 aliphatic heterocycles. The van der Waals surface area contributed by atoms with Crippen LogP contribution in [0.4, 0.5) is 4.39 Å². The maximum absolute atomic E-state index is 12.7. The summed E-state index contributed by atoms with van der Waals surface area (Å²) in [6.07, 6.45) is 9.58. The minimum atomic E-state index is -0.295. The molecule has 0 bridgehead atoms. The third-order valence-electron chi connectivity index (χ3n) is 2.50. The van der Waals surface area contributed by atoms with Crippen LogP contribution in [-0.2, 0) is 4.79 Å². The maximum atomic E-state index is 12.7. The largest absolute Gasteiger partial charge is 0.349 e. The fraction of sp³-hybridized carbons (Fsp3) is 0.267. The molecule has 1 rings (SSSR count). The monoisotopic (exact) mass is 245 g/mol. The fourth-order valence-corrected chi connectivity index (χ4v) is 1.43. The Hall–Kier alpha value is -2.08. The lowest BCUT2D eigenvalue weighted by molar-refractivity contribution is -0.117. The lowest BCUT2D eigenvalue weighted by atomic mass is 10.1. The molecule has 1 unspecified atom stereocenters. The van der Waals surface area contributed by atoms with Gasteiger partial charge in [0.2, 0.25) is 5.91 Å². The molecular formula is C15H16FNO. The number of rotatable bonds is 5. The zero-order valence-electron chi connectivity index (χ0n) is 10.3. The molecule has 0 spiro atoms. The van der Waals surface area contributed by atoms with Crippen LogP contribution in [0.1, 0.15) is 25.3 Å². The van der Waals surface area contributed by atoms with Gasteiger partial charge in [-0.2, -0.15) is 0 Å². The molecule has 0 aliphatic rings. The summed E-state index contributed by atoms with van der Waals surface area (Å²) in [5.41, 5.74) is 0.775. The van der Waals surface area contributed by atoms with Crippen LogP contribution in [0.3, 0.4) is 0 Å². The van der Waals surface area contributed by atoms with Crippen molar-refractivity contribution in [2.24, 2.45) is 0 Å². The van der Waals surface area contributed by atoms with Crippen LogP contribution in [0.15, 0.2) is 30.3 Å². The van der Waals surface area contributed by atoms with Crippen molar-refractivity contribution >= 4 is 12.0 Å². The van der Waals surface area contributed by atoms with Gasteiger partial charge in [-0.15, -0.1) is 12.3 Å². The summed E-state index contributed by atoms with van der Waals surface area (Å²) in [6.45, 7) is 1.96. The standard InChI is InChI=1S/C15H16FNO/c1-3-5-14(4-2)17-15(18)11-8-12-6-9-13(16)10-7-12/h1,6-11,14H,4-5H2,2H3,(H,17,18)/b11-8+. The number of terminal acetylenes is 1. The van der Waals surface area contributed by atoms with Gasteiger partial charge in [-0.1, -0.05) is 19.1 Å². The SMILES string of the molecule is C#CCC(CC)NC(=O)/C=C/c1ccc(F)cc1. The van der Waals surface area contributed by atoms with Crippen molar-refractivity contribution in [2.75, 3.05) is 0 Å². The Balaban J connectivity index is 2.54. The van der Waals surface area contributed by atoms with Crippen LogP contribution in [-0.4, -0.2) is 11.9 Å². The lowest BCUT2D eigenvalue weighted by Crippen LogP contribution is -2.32. The van der Waals surface area contributed by atoms with E-state index in [2.05, 4.69) is 11.2 Å². The molecule has 3 heteroatoms. The van der Waals surface area contributed by atoms with Gasteiger partial charge in [0.1, 0.15) is 5.82 Å². The smallest absolute Gasteiger partial charge is 0.244 e. The second-order valence-corrected chi connectivity index (χ2v) is 3.91. The molecule has 18 heavy (non-hydrogen) atoms. The molecule has 0 heterocycles. The molecule has 2 nitrogen and oxygen atoms in total. The van der Waals surface area contributed by atoms with E-state index in [1.807, 2.05) is 6.92 Å². The van der Waals surface area contributed by atoms with E-state index in [1.54, 1.807) is 18.2 Å². The van der Waals surface area contributed by atoms with E-state index >= 15 is 0 Å². The average Bonchev–Trinajstić information content (AvgIpc) is 2.37. The number of hydrogen-bond acceptors (Lipinski definition) is 1. The first-order valence-electron chi connectivity index (χ1n) is 5.83. The molecule has 94 valence electrons. The van der Waals surface area contributed by atoms with Crippen molar-refractivity contribution in [3.05, 3.63) is 41.7 Å². The van der Waals surface area contributed by atoms with Crippen LogP contribution >= 0.6 is 0 Å². The highest BCUT2D eigenvalue weighted by molar-refractivity contribution is 5.91. The molecule has 0 radical (unpaired) electrons. The quantitative estimate of drug-likeness (QED) is 0.627. The topological polar surface area (TPSA) is 29.1 Å². The number of carbonyl (C=O) groups excluding carboxylic acids is 1. The summed E-state index contributed by atoms with van der Waals surface area (Å²) in [5, 5.41) is 2.81. The van der Waals surface area contributed by atoms with Crippen molar-refractivity contribution in [3.8, 4) is 12.3 Å². The van der Waals surface area contributed by atoms with Crippen LogP contribution in [0.5, 0.6) is 0 Å². The Bertz CT molecular complexity index is 456. The van der Waals surface area contributed by atoms with Gasteiger partial charge < -0.3 is 5.32 Å². The third-order valence-corrected chi connectivity index (χ3v) is 2.50. The number of hydrogen-bond donors (Lipinski definition) is 1. The van der Waals surface area contributed by atoms with E-state index in [0.29, 0.717) is 6.42 Å². The number of benzene rings is 1. The van der Waals surface area contributed by atoms with Crippen molar-refractivity contribution in [1.29, 1.82) is 0 Å². The van der Waals surface area contributed by atoms with Crippen LogP contribution in [0.25, 0.3) is 6.08 Å². The van der Waals surface area contributed by atoms with E-state index in [4.69, 9.17) is 6.42 Å². The first-order valence-corrected chi connectivity index (χ1v) is 5.83.